The van der Waals surface area contributed by atoms with E-state index in [1.54, 1.807) is 6.92 Å². The van der Waals surface area contributed by atoms with Gasteiger partial charge in [-0.15, -0.1) is 11.3 Å². The van der Waals surface area contributed by atoms with E-state index in [0.717, 1.165) is 12.8 Å². The Bertz CT molecular complexity index is 513. The van der Waals surface area contributed by atoms with Crippen LogP contribution in [-0.2, 0) is 4.74 Å². The summed E-state index contributed by atoms with van der Waals surface area (Å²) in [5.74, 6) is -0.457. The summed E-state index contributed by atoms with van der Waals surface area (Å²) in [5, 5.41) is 13.2. The fourth-order valence-electron chi connectivity index (χ4n) is 2.26. The Kier molecular flexibility index (Phi) is 4.27. The minimum atomic E-state index is -0.457. The van der Waals surface area contributed by atoms with E-state index < -0.39 is 5.97 Å². The van der Waals surface area contributed by atoms with Gasteiger partial charge in [0.25, 0.3) is 0 Å². The maximum Gasteiger partial charge on any atom is 0.350 e. The van der Waals surface area contributed by atoms with E-state index in [4.69, 9.17) is 10.5 Å². The third-order valence-electron chi connectivity index (χ3n) is 3.21. The number of carbonyl (C=O) groups excluding carboxylic acids is 1. The van der Waals surface area contributed by atoms with E-state index in [1.807, 2.05) is 0 Å². The molecule has 5 nitrogen and oxygen atoms in total. The first-order valence-electron chi connectivity index (χ1n) is 6.43. The second-order valence-electron chi connectivity index (χ2n) is 4.51. The van der Waals surface area contributed by atoms with Crippen LogP contribution in [0.1, 0.15) is 47.8 Å². The van der Waals surface area contributed by atoms with Gasteiger partial charge in [0.05, 0.1) is 12.3 Å². The molecule has 1 aliphatic carbocycles. The monoisotopic (exact) mass is 279 g/mol. The van der Waals surface area contributed by atoms with Crippen LogP contribution < -0.4 is 11.1 Å². The smallest absolute Gasteiger partial charge is 0.350 e. The van der Waals surface area contributed by atoms with Crippen molar-refractivity contribution in [2.45, 2.75) is 38.6 Å². The van der Waals surface area contributed by atoms with Crippen molar-refractivity contribution in [1.29, 1.82) is 5.26 Å². The van der Waals surface area contributed by atoms with Gasteiger partial charge in [0, 0.05) is 6.04 Å². The first kappa shape index (κ1) is 13.7. The predicted molar refractivity (Wildman–Crippen MR) is 75.3 cm³/mol. The average molecular weight is 279 g/mol. The van der Waals surface area contributed by atoms with Crippen LogP contribution in [0.15, 0.2) is 0 Å². The number of carbonyl (C=O) groups is 1. The lowest BCUT2D eigenvalue weighted by Crippen LogP contribution is -2.14. The molecule has 1 aliphatic rings. The summed E-state index contributed by atoms with van der Waals surface area (Å²) in [7, 11) is 0. The number of hydrogen-bond acceptors (Lipinski definition) is 6. The molecular weight excluding hydrogens is 262 g/mol. The van der Waals surface area contributed by atoms with Crippen LogP contribution in [0, 0.1) is 11.3 Å². The summed E-state index contributed by atoms with van der Waals surface area (Å²) in [5.41, 5.74) is 6.46. The van der Waals surface area contributed by atoms with Gasteiger partial charge in [-0.05, 0) is 19.8 Å². The van der Waals surface area contributed by atoms with E-state index in [1.165, 1.54) is 24.2 Å². The SMILES string of the molecule is CCOC(=O)c1sc(NC2CCCC2)c(C#N)c1N. The number of nitrogens with two attached hydrogens (primary N) is 1. The normalized spacial score (nSPS) is 15.2. The van der Waals surface area contributed by atoms with Gasteiger partial charge in [-0.25, -0.2) is 4.79 Å². The predicted octanol–water partition coefficient (Wildman–Crippen LogP) is 2.73. The molecule has 0 aliphatic heterocycles. The summed E-state index contributed by atoms with van der Waals surface area (Å²) in [6.07, 6.45) is 4.59. The van der Waals surface area contributed by atoms with Crippen LogP contribution in [0.3, 0.4) is 0 Å². The number of nitrogens with one attached hydrogen (secondary N) is 1. The zero-order valence-corrected chi connectivity index (χ0v) is 11.7. The summed E-state index contributed by atoms with van der Waals surface area (Å²) in [6.45, 7) is 2.04. The van der Waals surface area contributed by atoms with Crippen molar-refractivity contribution in [3.8, 4) is 6.07 Å². The molecule has 0 aromatic carbocycles. The Hall–Kier alpha value is -1.74. The Balaban J connectivity index is 2.25. The summed E-state index contributed by atoms with van der Waals surface area (Å²) < 4.78 is 4.95. The van der Waals surface area contributed by atoms with E-state index in [0.29, 0.717) is 28.1 Å². The van der Waals surface area contributed by atoms with E-state index in [9.17, 15) is 10.1 Å². The van der Waals surface area contributed by atoms with Gasteiger partial charge in [-0.3, -0.25) is 0 Å². The van der Waals surface area contributed by atoms with E-state index in [-0.39, 0.29) is 5.69 Å². The molecule has 0 amide bonds. The van der Waals surface area contributed by atoms with Gasteiger partial charge in [0.2, 0.25) is 0 Å². The third-order valence-corrected chi connectivity index (χ3v) is 4.32. The molecule has 3 N–H and O–H groups in total. The molecule has 0 spiro atoms. The number of esters is 1. The highest BCUT2D eigenvalue weighted by Gasteiger charge is 2.24. The fourth-order valence-corrected chi connectivity index (χ4v) is 3.30. The summed E-state index contributed by atoms with van der Waals surface area (Å²) in [4.78, 5) is 12.1. The number of nitriles is 1. The number of nitrogen functional groups attached to an aromatic ring is 1. The molecule has 1 heterocycles. The van der Waals surface area contributed by atoms with Crippen molar-refractivity contribution in [3.05, 3.63) is 10.4 Å². The highest BCUT2D eigenvalue weighted by atomic mass is 32.1. The number of nitrogens with zero attached hydrogens (tertiary/aromatic N) is 1. The minimum Gasteiger partial charge on any atom is -0.462 e. The Labute approximate surface area is 116 Å². The minimum absolute atomic E-state index is 0.228. The summed E-state index contributed by atoms with van der Waals surface area (Å²) in [6, 6.07) is 2.45. The maximum absolute atomic E-state index is 11.8. The zero-order valence-electron chi connectivity index (χ0n) is 10.9. The first-order valence-corrected chi connectivity index (χ1v) is 7.25. The molecule has 1 aromatic rings. The van der Waals surface area contributed by atoms with Crippen LogP contribution in [0.25, 0.3) is 0 Å². The van der Waals surface area contributed by atoms with E-state index >= 15 is 0 Å². The van der Waals surface area contributed by atoms with Crippen molar-refractivity contribution in [1.82, 2.24) is 0 Å². The molecule has 2 rings (SSSR count). The molecule has 0 bridgehead atoms. The molecule has 1 saturated carbocycles. The van der Waals surface area contributed by atoms with Crippen LogP contribution in [0.4, 0.5) is 10.7 Å². The highest BCUT2D eigenvalue weighted by Crippen LogP contribution is 2.37. The van der Waals surface area contributed by atoms with Crippen LogP contribution in [0.5, 0.6) is 0 Å². The second kappa shape index (κ2) is 5.93. The topological polar surface area (TPSA) is 88.1 Å². The van der Waals surface area contributed by atoms with Crippen molar-refractivity contribution >= 4 is 28.0 Å². The van der Waals surface area contributed by atoms with Crippen molar-refractivity contribution < 1.29 is 9.53 Å². The molecule has 0 radical (unpaired) electrons. The standard InChI is InChI=1S/C13H17N3O2S/c1-2-18-13(17)11-10(15)9(7-14)12(19-11)16-8-5-3-4-6-8/h8,16H,2-6,15H2,1H3. The second-order valence-corrected chi connectivity index (χ2v) is 5.53. The number of thiophene rings is 1. The van der Waals surface area contributed by atoms with Crippen molar-refractivity contribution in [3.63, 3.8) is 0 Å². The number of ether oxygens (including phenoxy) is 1. The fraction of sp³-hybridized carbons (Fsp3) is 0.538. The van der Waals surface area contributed by atoms with Crippen molar-refractivity contribution in [2.24, 2.45) is 0 Å². The molecule has 0 saturated heterocycles. The molecule has 0 unspecified atom stereocenters. The molecule has 19 heavy (non-hydrogen) atoms. The van der Waals surface area contributed by atoms with Crippen LogP contribution in [-0.4, -0.2) is 18.6 Å². The highest BCUT2D eigenvalue weighted by molar-refractivity contribution is 7.18. The van der Waals surface area contributed by atoms with Gasteiger partial charge in [-0.2, -0.15) is 5.26 Å². The Morgan fingerprint density at radius 2 is 2.26 bits per heavy atom. The first-order chi connectivity index (χ1) is 9.17. The molecule has 1 aromatic heterocycles. The Morgan fingerprint density at radius 1 is 1.58 bits per heavy atom. The summed E-state index contributed by atoms with van der Waals surface area (Å²) >= 11 is 1.21. The number of anilines is 2. The van der Waals surface area contributed by atoms with Crippen molar-refractivity contribution in [2.75, 3.05) is 17.7 Å². The third kappa shape index (κ3) is 2.82. The van der Waals surface area contributed by atoms with Crippen LogP contribution in [0.2, 0.25) is 0 Å². The molecule has 0 atom stereocenters. The quantitative estimate of drug-likeness (QED) is 0.827. The van der Waals surface area contributed by atoms with E-state index in [2.05, 4.69) is 11.4 Å². The lowest BCUT2D eigenvalue weighted by atomic mass is 10.2. The Morgan fingerprint density at radius 3 is 2.84 bits per heavy atom. The van der Waals surface area contributed by atoms with Gasteiger partial charge in [0.1, 0.15) is 21.5 Å². The van der Waals surface area contributed by atoms with Crippen LogP contribution >= 0.6 is 11.3 Å². The molecule has 6 heteroatoms. The van der Waals surface area contributed by atoms with Gasteiger partial charge >= 0.3 is 5.97 Å². The maximum atomic E-state index is 11.8. The molecular formula is C13H17N3O2S. The molecule has 102 valence electrons. The number of rotatable bonds is 4. The average Bonchev–Trinajstić information content (AvgIpc) is 2.98. The number of hydrogen-bond donors (Lipinski definition) is 2. The zero-order chi connectivity index (χ0) is 13.8. The lowest BCUT2D eigenvalue weighted by molar-refractivity contribution is 0.0533. The van der Waals surface area contributed by atoms with Gasteiger partial charge < -0.3 is 15.8 Å². The van der Waals surface area contributed by atoms with Gasteiger partial charge in [0.15, 0.2) is 0 Å². The largest absolute Gasteiger partial charge is 0.462 e. The lowest BCUT2D eigenvalue weighted by Gasteiger charge is -2.11. The molecule has 1 fully saturated rings. The van der Waals surface area contributed by atoms with Gasteiger partial charge in [-0.1, -0.05) is 12.8 Å².